The number of nitrogens with zero attached hydrogens (tertiary/aromatic N) is 4. The predicted molar refractivity (Wildman–Crippen MR) is 101 cm³/mol. The van der Waals surface area contributed by atoms with Crippen LogP contribution in [-0.2, 0) is 12.7 Å². The molecule has 0 saturated carbocycles. The molecule has 0 atom stereocenters. The van der Waals surface area contributed by atoms with Crippen LogP contribution in [0.25, 0.3) is 11.0 Å². The van der Waals surface area contributed by atoms with Crippen LogP contribution in [0.3, 0.4) is 0 Å². The fourth-order valence-corrected chi connectivity index (χ4v) is 3.19. The summed E-state index contributed by atoms with van der Waals surface area (Å²) < 4.78 is 44.9. The number of anilines is 1. The van der Waals surface area contributed by atoms with E-state index in [4.69, 9.17) is 16.1 Å². The van der Waals surface area contributed by atoms with Crippen LogP contribution < -0.4 is 5.32 Å². The van der Waals surface area contributed by atoms with Gasteiger partial charge in [0.1, 0.15) is 11.5 Å². The Morgan fingerprint density at radius 3 is 2.70 bits per heavy atom. The van der Waals surface area contributed by atoms with E-state index < -0.39 is 17.8 Å². The lowest BCUT2D eigenvalue weighted by Gasteiger charge is -2.09. The number of amides is 1. The molecule has 0 bridgehead atoms. The Hall–Kier alpha value is -3.34. The first-order chi connectivity index (χ1) is 14.1. The summed E-state index contributed by atoms with van der Waals surface area (Å²) in [6.45, 7) is 3.59. The van der Waals surface area contributed by atoms with Gasteiger partial charge in [-0.3, -0.25) is 9.89 Å². The van der Waals surface area contributed by atoms with Crippen LogP contribution in [0.15, 0.2) is 28.9 Å². The van der Waals surface area contributed by atoms with E-state index in [0.29, 0.717) is 22.4 Å². The van der Waals surface area contributed by atoms with Crippen LogP contribution in [0.5, 0.6) is 0 Å². The Morgan fingerprint density at radius 1 is 1.30 bits per heavy atom. The van der Waals surface area contributed by atoms with Gasteiger partial charge in [-0.2, -0.15) is 18.3 Å². The molecule has 0 saturated heterocycles. The SMILES string of the molecule is Cc1cc2c(cc(C)n2Cc2cc(C(F)(F)F)no2)nc1NC(=O)c1[nH]ncc1Cl. The molecule has 1 amide bonds. The number of nitrogens with one attached hydrogen (secondary N) is 2. The molecule has 0 aromatic carbocycles. The zero-order valence-corrected chi connectivity index (χ0v) is 16.4. The molecule has 30 heavy (non-hydrogen) atoms. The molecule has 4 aromatic heterocycles. The number of halogens is 4. The first-order valence-corrected chi connectivity index (χ1v) is 9.02. The van der Waals surface area contributed by atoms with Crippen LogP contribution in [0.2, 0.25) is 5.02 Å². The number of hydrogen-bond donors (Lipinski definition) is 2. The average molecular weight is 439 g/mol. The average Bonchev–Trinajstić information content (AvgIpc) is 3.36. The Kier molecular flexibility index (Phi) is 4.77. The molecule has 4 rings (SSSR count). The van der Waals surface area contributed by atoms with Gasteiger partial charge in [-0.1, -0.05) is 16.8 Å². The van der Waals surface area contributed by atoms with Crippen molar-refractivity contribution in [3.05, 3.63) is 57.8 Å². The van der Waals surface area contributed by atoms with Crippen molar-refractivity contribution in [2.24, 2.45) is 0 Å². The number of aromatic nitrogens is 5. The summed E-state index contributed by atoms with van der Waals surface area (Å²) >= 11 is 5.90. The van der Waals surface area contributed by atoms with E-state index in [1.165, 1.54) is 6.20 Å². The molecule has 0 aliphatic rings. The summed E-state index contributed by atoms with van der Waals surface area (Å²) in [7, 11) is 0. The van der Waals surface area contributed by atoms with Crippen molar-refractivity contribution in [1.29, 1.82) is 0 Å². The quantitative estimate of drug-likeness (QED) is 0.493. The largest absolute Gasteiger partial charge is 0.436 e. The molecule has 4 aromatic rings. The Morgan fingerprint density at radius 2 is 2.07 bits per heavy atom. The molecule has 2 N–H and O–H groups in total. The number of rotatable bonds is 4. The highest BCUT2D eigenvalue weighted by atomic mass is 35.5. The molecule has 0 spiro atoms. The van der Waals surface area contributed by atoms with Crippen molar-refractivity contribution in [1.82, 2.24) is 24.9 Å². The molecule has 0 fully saturated rings. The zero-order valence-electron chi connectivity index (χ0n) is 15.6. The maximum atomic E-state index is 12.8. The van der Waals surface area contributed by atoms with Gasteiger partial charge >= 0.3 is 6.18 Å². The van der Waals surface area contributed by atoms with Gasteiger partial charge < -0.3 is 14.4 Å². The summed E-state index contributed by atoms with van der Waals surface area (Å²) in [5.74, 6) is -0.105. The van der Waals surface area contributed by atoms with Crippen molar-refractivity contribution in [3.63, 3.8) is 0 Å². The second-order valence-corrected chi connectivity index (χ2v) is 7.06. The lowest BCUT2D eigenvalue weighted by Crippen LogP contribution is -2.15. The minimum absolute atomic E-state index is 0.0506. The minimum Gasteiger partial charge on any atom is -0.359 e. The third-order valence-corrected chi connectivity index (χ3v) is 4.79. The number of aromatic amines is 1. The number of pyridine rings is 1. The maximum absolute atomic E-state index is 12.8. The Balaban J connectivity index is 1.65. The summed E-state index contributed by atoms with van der Waals surface area (Å²) in [5.41, 5.74) is 1.66. The lowest BCUT2D eigenvalue weighted by atomic mass is 10.2. The summed E-state index contributed by atoms with van der Waals surface area (Å²) in [6.07, 6.45) is -3.25. The van der Waals surface area contributed by atoms with Crippen molar-refractivity contribution in [2.75, 3.05) is 5.32 Å². The van der Waals surface area contributed by atoms with Gasteiger partial charge in [0.2, 0.25) is 0 Å². The second kappa shape index (κ2) is 7.17. The van der Waals surface area contributed by atoms with Crippen LogP contribution in [0.1, 0.15) is 33.2 Å². The van der Waals surface area contributed by atoms with E-state index in [0.717, 1.165) is 11.8 Å². The number of H-pyrrole nitrogens is 1. The topological polar surface area (TPSA) is 102 Å². The fourth-order valence-electron chi connectivity index (χ4n) is 3.02. The van der Waals surface area contributed by atoms with Gasteiger partial charge in [0.25, 0.3) is 5.91 Å². The number of alkyl halides is 3. The van der Waals surface area contributed by atoms with E-state index in [2.05, 4.69) is 25.7 Å². The van der Waals surface area contributed by atoms with Gasteiger partial charge in [-0.25, -0.2) is 4.98 Å². The zero-order chi connectivity index (χ0) is 21.6. The first kappa shape index (κ1) is 20.0. The number of carbonyl (C=O) groups excluding carboxylic acids is 1. The highest BCUT2D eigenvalue weighted by Gasteiger charge is 2.35. The molecule has 0 aliphatic carbocycles. The van der Waals surface area contributed by atoms with E-state index in [1.54, 1.807) is 30.5 Å². The number of fused-ring (bicyclic) bond motifs is 1. The smallest absolute Gasteiger partial charge is 0.359 e. The molecule has 0 unspecified atom stereocenters. The van der Waals surface area contributed by atoms with E-state index in [-0.39, 0.29) is 23.0 Å². The third-order valence-electron chi connectivity index (χ3n) is 4.50. The maximum Gasteiger partial charge on any atom is 0.436 e. The molecule has 8 nitrogen and oxygen atoms in total. The van der Waals surface area contributed by atoms with Crippen molar-refractivity contribution >= 4 is 34.4 Å². The van der Waals surface area contributed by atoms with Gasteiger partial charge in [-0.15, -0.1) is 0 Å². The highest BCUT2D eigenvalue weighted by Crippen LogP contribution is 2.30. The van der Waals surface area contributed by atoms with Crippen molar-refractivity contribution < 1.29 is 22.5 Å². The highest BCUT2D eigenvalue weighted by molar-refractivity contribution is 6.34. The van der Waals surface area contributed by atoms with Gasteiger partial charge in [0, 0.05) is 11.8 Å². The third kappa shape index (κ3) is 3.63. The lowest BCUT2D eigenvalue weighted by molar-refractivity contribution is -0.142. The molecule has 4 heterocycles. The minimum atomic E-state index is -4.57. The predicted octanol–water partition coefficient (Wildman–Crippen LogP) is 4.34. The van der Waals surface area contributed by atoms with Crippen molar-refractivity contribution in [3.8, 4) is 0 Å². The standard InChI is InChI=1S/C18H14ClF3N6O2/c1-8-3-13-12(24-16(8)25-17(29)15-11(19)6-23-26-15)4-9(2)28(13)7-10-5-14(27-30-10)18(20,21)22/h3-6H,7H2,1-2H3,(H,23,26)(H,24,25,29). The van der Waals surface area contributed by atoms with Gasteiger partial charge in [0.15, 0.2) is 11.5 Å². The van der Waals surface area contributed by atoms with Crippen LogP contribution in [0, 0.1) is 13.8 Å². The summed E-state index contributed by atoms with van der Waals surface area (Å²) in [4.78, 5) is 16.8. The van der Waals surface area contributed by atoms with E-state index >= 15 is 0 Å². The monoisotopic (exact) mass is 438 g/mol. The fraction of sp³-hybridized carbons (Fsp3) is 0.222. The number of hydrogen-bond acceptors (Lipinski definition) is 5. The van der Waals surface area contributed by atoms with Gasteiger partial charge in [0.05, 0.1) is 28.8 Å². The molecule has 12 heteroatoms. The van der Waals surface area contributed by atoms with Crippen LogP contribution in [-0.4, -0.2) is 30.8 Å². The number of aryl methyl sites for hydroxylation is 2. The van der Waals surface area contributed by atoms with Gasteiger partial charge in [-0.05, 0) is 31.5 Å². The molecule has 0 aliphatic heterocycles. The van der Waals surface area contributed by atoms with Crippen LogP contribution in [0.4, 0.5) is 19.0 Å². The second-order valence-electron chi connectivity index (χ2n) is 6.65. The Bertz CT molecular complexity index is 1260. The van der Waals surface area contributed by atoms with Crippen molar-refractivity contribution in [2.45, 2.75) is 26.6 Å². The molecular formula is C18H14ClF3N6O2. The summed E-state index contributed by atoms with van der Waals surface area (Å²) in [6, 6.07) is 4.41. The molecule has 0 radical (unpaired) electrons. The number of carbonyl (C=O) groups is 1. The normalized spacial score (nSPS) is 11.9. The first-order valence-electron chi connectivity index (χ1n) is 8.64. The van der Waals surface area contributed by atoms with Crippen LogP contribution >= 0.6 is 11.6 Å². The molecule has 156 valence electrons. The van der Waals surface area contributed by atoms with E-state index in [1.807, 2.05) is 0 Å². The van der Waals surface area contributed by atoms with E-state index in [9.17, 15) is 18.0 Å². The molecular weight excluding hydrogens is 425 g/mol. The summed E-state index contributed by atoms with van der Waals surface area (Å²) in [5, 5.41) is 12.1. The Labute approximate surface area is 172 Å².